The number of aryl methyl sites for hydroxylation is 1. The molecule has 0 unspecified atom stereocenters. The molecule has 0 radical (unpaired) electrons. The van der Waals surface area contributed by atoms with Gasteiger partial charge in [0.1, 0.15) is 18.2 Å². The van der Waals surface area contributed by atoms with Crippen molar-refractivity contribution in [2.75, 3.05) is 5.43 Å². The molecule has 0 aliphatic rings. The lowest BCUT2D eigenvalue weighted by atomic mass is 10.2. The zero-order valence-corrected chi connectivity index (χ0v) is 14.7. The normalized spacial score (nSPS) is 10.6. The van der Waals surface area contributed by atoms with E-state index in [-0.39, 0.29) is 0 Å². The molecular weight excluding hydrogens is 344 g/mol. The third-order valence-corrected chi connectivity index (χ3v) is 4.04. The van der Waals surface area contributed by atoms with Crippen LogP contribution in [0.25, 0.3) is 0 Å². The zero-order valence-electron chi connectivity index (χ0n) is 13.1. The second-order valence-electron chi connectivity index (χ2n) is 5.27. The number of ether oxygens (including phenoxy) is 1. The number of H-pyrrole nitrogens is 1. The van der Waals surface area contributed by atoms with E-state index < -0.39 is 0 Å². The van der Waals surface area contributed by atoms with Crippen LogP contribution < -0.4 is 10.2 Å². The maximum atomic E-state index is 6.13. The standard InChI is InChI=1S/C17H17ClN4OS/c1-12-20-21-17(24)22(12)19-10-14-9-15(18)7-8-16(14)23-11-13-5-3-2-4-6-13/h2-9,19H,10-11H2,1H3,(H,21,24). The fourth-order valence-corrected chi connectivity index (χ4v) is 2.73. The van der Waals surface area contributed by atoms with Crippen LogP contribution in [0, 0.1) is 11.7 Å². The molecule has 2 aromatic carbocycles. The van der Waals surface area contributed by atoms with Crippen LogP contribution in [0.1, 0.15) is 17.0 Å². The van der Waals surface area contributed by atoms with Gasteiger partial charge in [-0.15, -0.1) is 0 Å². The Hall–Kier alpha value is -2.31. The van der Waals surface area contributed by atoms with Gasteiger partial charge in [-0.05, 0) is 42.9 Å². The first-order valence-corrected chi connectivity index (χ1v) is 8.25. The molecule has 0 bridgehead atoms. The van der Waals surface area contributed by atoms with Gasteiger partial charge in [-0.1, -0.05) is 41.9 Å². The zero-order chi connectivity index (χ0) is 16.9. The Kier molecular flexibility index (Phi) is 5.17. The minimum Gasteiger partial charge on any atom is -0.489 e. The molecule has 0 atom stereocenters. The van der Waals surface area contributed by atoms with Crippen LogP contribution in [0.15, 0.2) is 48.5 Å². The summed E-state index contributed by atoms with van der Waals surface area (Å²) < 4.78 is 8.19. The highest BCUT2D eigenvalue weighted by Gasteiger charge is 2.07. The van der Waals surface area contributed by atoms with E-state index in [0.29, 0.717) is 22.9 Å². The predicted octanol–water partition coefficient (Wildman–Crippen LogP) is 4.23. The largest absolute Gasteiger partial charge is 0.489 e. The summed E-state index contributed by atoms with van der Waals surface area (Å²) in [6.45, 7) is 2.88. The maximum absolute atomic E-state index is 6.13. The minimum absolute atomic E-state index is 0.500. The molecule has 0 saturated carbocycles. The van der Waals surface area contributed by atoms with Crippen molar-refractivity contribution in [1.82, 2.24) is 14.9 Å². The molecule has 7 heteroatoms. The molecule has 0 saturated heterocycles. The summed E-state index contributed by atoms with van der Waals surface area (Å²) in [6.07, 6.45) is 0. The summed E-state index contributed by atoms with van der Waals surface area (Å²) in [4.78, 5) is 0. The van der Waals surface area contributed by atoms with Gasteiger partial charge in [-0.25, -0.2) is 4.68 Å². The van der Waals surface area contributed by atoms with Crippen LogP contribution in [0.3, 0.4) is 0 Å². The minimum atomic E-state index is 0.500. The Bertz CT molecular complexity index is 876. The van der Waals surface area contributed by atoms with E-state index >= 15 is 0 Å². The van der Waals surface area contributed by atoms with E-state index in [1.54, 1.807) is 4.68 Å². The molecule has 0 fully saturated rings. The fraction of sp³-hybridized carbons (Fsp3) is 0.176. The summed E-state index contributed by atoms with van der Waals surface area (Å²) in [5.41, 5.74) is 5.28. The Morgan fingerprint density at radius 1 is 1.25 bits per heavy atom. The third-order valence-electron chi connectivity index (χ3n) is 3.53. The predicted molar refractivity (Wildman–Crippen MR) is 97.4 cm³/mol. The number of rotatable bonds is 6. The number of nitrogens with one attached hydrogen (secondary N) is 2. The van der Waals surface area contributed by atoms with Crippen molar-refractivity contribution in [2.24, 2.45) is 0 Å². The number of halogens is 1. The molecule has 0 aliphatic heterocycles. The first kappa shape index (κ1) is 16.5. The van der Waals surface area contributed by atoms with Gasteiger partial charge in [0.15, 0.2) is 0 Å². The summed E-state index contributed by atoms with van der Waals surface area (Å²) in [7, 11) is 0. The fourth-order valence-electron chi connectivity index (χ4n) is 2.29. The monoisotopic (exact) mass is 360 g/mol. The van der Waals surface area contributed by atoms with Gasteiger partial charge in [-0.2, -0.15) is 5.10 Å². The molecule has 1 heterocycles. The van der Waals surface area contributed by atoms with E-state index in [2.05, 4.69) is 15.6 Å². The van der Waals surface area contributed by atoms with Crippen LogP contribution in [0.2, 0.25) is 5.02 Å². The number of benzene rings is 2. The Morgan fingerprint density at radius 2 is 2.04 bits per heavy atom. The average Bonchev–Trinajstić information content (AvgIpc) is 2.91. The number of aromatic amines is 1. The highest BCUT2D eigenvalue weighted by atomic mass is 35.5. The lowest BCUT2D eigenvalue weighted by Gasteiger charge is -2.14. The van der Waals surface area contributed by atoms with Crippen molar-refractivity contribution >= 4 is 23.8 Å². The van der Waals surface area contributed by atoms with Gasteiger partial charge in [-0.3, -0.25) is 5.10 Å². The molecule has 0 spiro atoms. The molecule has 2 N–H and O–H groups in total. The summed E-state index contributed by atoms with van der Waals surface area (Å²) >= 11 is 11.3. The van der Waals surface area contributed by atoms with Gasteiger partial charge >= 0.3 is 0 Å². The third kappa shape index (κ3) is 3.96. The van der Waals surface area contributed by atoms with E-state index in [0.717, 1.165) is 22.7 Å². The van der Waals surface area contributed by atoms with Gasteiger partial charge in [0.05, 0.1) is 6.54 Å². The molecule has 3 aromatic rings. The van der Waals surface area contributed by atoms with Crippen molar-refractivity contribution in [1.29, 1.82) is 0 Å². The maximum Gasteiger partial charge on any atom is 0.214 e. The first-order chi connectivity index (χ1) is 11.6. The van der Waals surface area contributed by atoms with Crippen molar-refractivity contribution in [3.63, 3.8) is 0 Å². The smallest absolute Gasteiger partial charge is 0.214 e. The summed E-state index contributed by atoms with van der Waals surface area (Å²) in [5.74, 6) is 1.54. The van der Waals surface area contributed by atoms with Gasteiger partial charge in [0, 0.05) is 10.6 Å². The molecule has 0 amide bonds. The summed E-state index contributed by atoms with van der Waals surface area (Å²) in [6, 6.07) is 15.6. The molecule has 1 aromatic heterocycles. The van der Waals surface area contributed by atoms with Crippen molar-refractivity contribution in [3.8, 4) is 5.75 Å². The van der Waals surface area contributed by atoms with Gasteiger partial charge in [0.25, 0.3) is 0 Å². The lowest BCUT2D eigenvalue weighted by molar-refractivity contribution is 0.303. The van der Waals surface area contributed by atoms with Gasteiger partial charge in [0.2, 0.25) is 4.77 Å². The van der Waals surface area contributed by atoms with E-state index in [9.17, 15) is 0 Å². The van der Waals surface area contributed by atoms with Crippen molar-refractivity contribution in [2.45, 2.75) is 20.1 Å². The second kappa shape index (κ2) is 7.51. The first-order valence-electron chi connectivity index (χ1n) is 7.46. The van der Waals surface area contributed by atoms with Crippen molar-refractivity contribution < 1.29 is 4.74 Å². The molecule has 0 aliphatic carbocycles. The quantitative estimate of drug-likeness (QED) is 0.646. The number of nitrogens with zero attached hydrogens (tertiary/aromatic N) is 2. The number of hydrogen-bond acceptors (Lipinski definition) is 4. The van der Waals surface area contributed by atoms with Crippen LogP contribution in [0.4, 0.5) is 0 Å². The van der Waals surface area contributed by atoms with E-state index in [1.165, 1.54) is 0 Å². The number of hydrogen-bond donors (Lipinski definition) is 2. The van der Waals surface area contributed by atoms with Crippen LogP contribution in [-0.4, -0.2) is 14.9 Å². The van der Waals surface area contributed by atoms with E-state index in [4.69, 9.17) is 28.6 Å². The van der Waals surface area contributed by atoms with E-state index in [1.807, 2.05) is 55.5 Å². The van der Waals surface area contributed by atoms with Crippen LogP contribution in [0.5, 0.6) is 5.75 Å². The van der Waals surface area contributed by atoms with Crippen molar-refractivity contribution in [3.05, 3.63) is 75.3 Å². The number of aromatic nitrogens is 3. The molecule has 24 heavy (non-hydrogen) atoms. The molecule has 5 nitrogen and oxygen atoms in total. The molecule has 3 rings (SSSR count). The molecule has 124 valence electrons. The van der Waals surface area contributed by atoms with Crippen LogP contribution >= 0.6 is 23.8 Å². The Balaban J connectivity index is 1.74. The Labute approximate surface area is 150 Å². The lowest BCUT2D eigenvalue weighted by Crippen LogP contribution is -2.16. The highest BCUT2D eigenvalue weighted by molar-refractivity contribution is 7.71. The van der Waals surface area contributed by atoms with Crippen LogP contribution in [-0.2, 0) is 13.2 Å². The Morgan fingerprint density at radius 3 is 2.75 bits per heavy atom. The highest BCUT2D eigenvalue weighted by Crippen LogP contribution is 2.24. The topological polar surface area (TPSA) is 54.9 Å². The summed E-state index contributed by atoms with van der Waals surface area (Å²) in [5, 5.41) is 7.47. The average molecular weight is 361 g/mol. The molecular formula is C17H17ClN4OS. The second-order valence-corrected chi connectivity index (χ2v) is 6.10. The van der Waals surface area contributed by atoms with Gasteiger partial charge < -0.3 is 10.2 Å². The SMILES string of the molecule is Cc1n[nH]c(=S)n1NCc1cc(Cl)ccc1OCc1ccccc1.